The fourth-order valence-corrected chi connectivity index (χ4v) is 3.52. The molecule has 1 fully saturated rings. The van der Waals surface area contributed by atoms with Crippen LogP contribution in [0.25, 0.3) is 0 Å². The molecular weight excluding hydrogens is 330 g/mol. The van der Waals surface area contributed by atoms with Gasteiger partial charge in [0.15, 0.2) is 0 Å². The minimum atomic E-state index is 0.0488. The van der Waals surface area contributed by atoms with Crippen molar-refractivity contribution in [3.05, 3.63) is 29.3 Å². The minimum Gasteiger partial charge on any atom is -0.339 e. The lowest BCUT2D eigenvalue weighted by Gasteiger charge is -2.35. The Kier molecular flexibility index (Phi) is 5.91. The quantitative estimate of drug-likeness (QED) is 0.876. The molecule has 0 spiro atoms. The van der Waals surface area contributed by atoms with E-state index in [1.807, 2.05) is 28.0 Å². The maximum atomic E-state index is 12.6. The molecule has 1 aromatic carbocycles. The molecule has 0 saturated carbocycles. The Balaban J connectivity index is 1.52. The zero-order chi connectivity index (χ0) is 18.5. The largest absolute Gasteiger partial charge is 0.339 e. The Morgan fingerprint density at radius 1 is 1.04 bits per heavy atom. The molecule has 26 heavy (non-hydrogen) atoms. The predicted molar refractivity (Wildman–Crippen MR) is 99.8 cm³/mol. The van der Waals surface area contributed by atoms with Crippen molar-refractivity contribution in [2.45, 2.75) is 45.4 Å². The van der Waals surface area contributed by atoms with E-state index in [1.165, 1.54) is 0 Å². The Morgan fingerprint density at radius 3 is 2.42 bits per heavy atom. The lowest BCUT2D eigenvalue weighted by atomic mass is 9.99. The van der Waals surface area contributed by atoms with Gasteiger partial charge in [-0.15, -0.1) is 0 Å². The predicted octanol–water partition coefficient (Wildman–Crippen LogP) is 1.97. The van der Waals surface area contributed by atoms with E-state index in [0.29, 0.717) is 45.4 Å². The molecule has 0 unspecified atom stereocenters. The number of carbonyl (C=O) groups is 3. The van der Waals surface area contributed by atoms with Gasteiger partial charge in [0.2, 0.25) is 17.7 Å². The summed E-state index contributed by atoms with van der Waals surface area (Å²) in [6.45, 7) is 4.56. The molecule has 1 saturated heterocycles. The number of hydrogen-bond donors (Lipinski definition) is 1. The summed E-state index contributed by atoms with van der Waals surface area (Å²) in [5.74, 6) is 0.355. The molecule has 2 heterocycles. The molecule has 6 nitrogen and oxygen atoms in total. The van der Waals surface area contributed by atoms with Gasteiger partial charge in [-0.2, -0.15) is 0 Å². The second kappa shape index (κ2) is 8.34. The van der Waals surface area contributed by atoms with Crippen LogP contribution < -0.4 is 5.32 Å². The summed E-state index contributed by atoms with van der Waals surface area (Å²) in [6, 6.07) is 5.82. The molecule has 3 rings (SSSR count). The summed E-state index contributed by atoms with van der Waals surface area (Å²) in [5.41, 5.74) is 2.93. The van der Waals surface area contributed by atoms with E-state index in [2.05, 4.69) is 12.2 Å². The number of benzene rings is 1. The summed E-state index contributed by atoms with van der Waals surface area (Å²) in [7, 11) is 0. The van der Waals surface area contributed by atoms with Crippen LogP contribution in [0.5, 0.6) is 0 Å². The monoisotopic (exact) mass is 357 g/mol. The van der Waals surface area contributed by atoms with Gasteiger partial charge in [0.1, 0.15) is 0 Å². The van der Waals surface area contributed by atoms with Crippen LogP contribution in [0.3, 0.4) is 0 Å². The van der Waals surface area contributed by atoms with Gasteiger partial charge in [0.25, 0.3) is 0 Å². The number of fused-ring (bicyclic) bond motifs is 1. The second-order valence-corrected chi connectivity index (χ2v) is 7.08. The van der Waals surface area contributed by atoms with Crippen LogP contribution in [-0.4, -0.2) is 53.7 Å². The standard InChI is InChI=1S/C20H27N3O3/c1-2-3-4-19(25)22-9-11-23(12-10-22)20(26)14-15-5-7-17-16(13-15)6-8-18(24)21-17/h5,7,13H,2-4,6,8-12,14H2,1H3,(H,21,24). The molecule has 0 radical (unpaired) electrons. The first-order chi connectivity index (χ1) is 12.6. The second-order valence-electron chi connectivity index (χ2n) is 7.08. The van der Waals surface area contributed by atoms with Gasteiger partial charge >= 0.3 is 0 Å². The van der Waals surface area contributed by atoms with Crippen LogP contribution in [0.4, 0.5) is 5.69 Å². The molecule has 1 N–H and O–H groups in total. The highest BCUT2D eigenvalue weighted by Crippen LogP contribution is 2.24. The molecule has 6 heteroatoms. The van der Waals surface area contributed by atoms with E-state index >= 15 is 0 Å². The van der Waals surface area contributed by atoms with Gasteiger partial charge in [0.05, 0.1) is 6.42 Å². The van der Waals surface area contributed by atoms with Crippen molar-refractivity contribution >= 4 is 23.4 Å². The number of carbonyl (C=O) groups excluding carboxylic acids is 3. The van der Waals surface area contributed by atoms with Gasteiger partial charge in [-0.05, 0) is 30.0 Å². The maximum absolute atomic E-state index is 12.6. The molecule has 0 aliphatic carbocycles. The molecule has 140 valence electrons. The van der Waals surface area contributed by atoms with Crippen LogP contribution in [0.1, 0.15) is 43.7 Å². The van der Waals surface area contributed by atoms with Crippen LogP contribution >= 0.6 is 0 Å². The van der Waals surface area contributed by atoms with E-state index < -0.39 is 0 Å². The molecule has 2 aliphatic rings. The molecule has 2 aliphatic heterocycles. The first-order valence-electron chi connectivity index (χ1n) is 9.54. The Bertz CT molecular complexity index is 694. The number of aryl methyl sites for hydroxylation is 1. The highest BCUT2D eigenvalue weighted by Gasteiger charge is 2.24. The first-order valence-corrected chi connectivity index (χ1v) is 9.54. The summed E-state index contributed by atoms with van der Waals surface area (Å²) in [5, 5.41) is 2.86. The van der Waals surface area contributed by atoms with Crippen molar-refractivity contribution < 1.29 is 14.4 Å². The average Bonchev–Trinajstić information content (AvgIpc) is 2.66. The third-order valence-electron chi connectivity index (χ3n) is 5.15. The van der Waals surface area contributed by atoms with Crippen LogP contribution in [0.15, 0.2) is 18.2 Å². The maximum Gasteiger partial charge on any atom is 0.227 e. The van der Waals surface area contributed by atoms with Gasteiger partial charge < -0.3 is 15.1 Å². The first kappa shape index (κ1) is 18.4. The number of amides is 3. The Labute approximate surface area is 154 Å². The lowest BCUT2D eigenvalue weighted by molar-refractivity contribution is -0.139. The highest BCUT2D eigenvalue weighted by atomic mass is 16.2. The Hall–Kier alpha value is -2.37. The molecule has 1 aromatic rings. The minimum absolute atomic E-state index is 0.0488. The zero-order valence-electron chi connectivity index (χ0n) is 15.4. The van der Waals surface area contributed by atoms with E-state index in [1.54, 1.807) is 0 Å². The number of rotatable bonds is 5. The summed E-state index contributed by atoms with van der Waals surface area (Å²) in [6.07, 6.45) is 4.15. The van der Waals surface area contributed by atoms with Crippen molar-refractivity contribution in [1.29, 1.82) is 0 Å². The SMILES string of the molecule is CCCCC(=O)N1CCN(C(=O)Cc2ccc3c(c2)CCC(=O)N3)CC1. The fourth-order valence-electron chi connectivity index (χ4n) is 3.52. The Morgan fingerprint density at radius 2 is 1.73 bits per heavy atom. The van der Waals surface area contributed by atoms with Gasteiger partial charge in [-0.25, -0.2) is 0 Å². The number of hydrogen-bond acceptors (Lipinski definition) is 3. The molecule has 3 amide bonds. The molecule has 0 bridgehead atoms. The number of unbranched alkanes of at least 4 members (excludes halogenated alkanes) is 1. The van der Waals surface area contributed by atoms with E-state index in [-0.39, 0.29) is 17.7 Å². The highest BCUT2D eigenvalue weighted by molar-refractivity contribution is 5.94. The van der Waals surface area contributed by atoms with Gasteiger partial charge in [-0.3, -0.25) is 14.4 Å². The third kappa shape index (κ3) is 4.42. The van der Waals surface area contributed by atoms with Crippen LogP contribution in [-0.2, 0) is 27.2 Å². The van der Waals surface area contributed by atoms with Gasteiger partial charge in [-0.1, -0.05) is 25.5 Å². The topological polar surface area (TPSA) is 69.7 Å². The van der Waals surface area contributed by atoms with E-state index in [9.17, 15) is 14.4 Å². The smallest absolute Gasteiger partial charge is 0.227 e. The number of nitrogens with one attached hydrogen (secondary N) is 1. The van der Waals surface area contributed by atoms with Crippen LogP contribution in [0.2, 0.25) is 0 Å². The third-order valence-corrected chi connectivity index (χ3v) is 5.15. The van der Waals surface area contributed by atoms with Crippen molar-refractivity contribution in [3.8, 4) is 0 Å². The molecule has 0 aromatic heterocycles. The van der Waals surface area contributed by atoms with E-state index in [0.717, 1.165) is 36.1 Å². The summed E-state index contributed by atoms with van der Waals surface area (Å²) in [4.78, 5) is 39.8. The normalized spacial score (nSPS) is 16.9. The van der Waals surface area contributed by atoms with E-state index in [4.69, 9.17) is 0 Å². The van der Waals surface area contributed by atoms with Crippen LogP contribution in [0, 0.1) is 0 Å². The molecule has 0 atom stereocenters. The van der Waals surface area contributed by atoms with Crippen molar-refractivity contribution in [3.63, 3.8) is 0 Å². The van der Waals surface area contributed by atoms with Gasteiger partial charge in [0, 0.05) is 44.7 Å². The lowest BCUT2D eigenvalue weighted by Crippen LogP contribution is -2.50. The molecular formula is C20H27N3O3. The average molecular weight is 357 g/mol. The number of anilines is 1. The van der Waals surface area contributed by atoms with Crippen molar-refractivity contribution in [2.75, 3.05) is 31.5 Å². The number of nitrogens with zero attached hydrogens (tertiary/aromatic N) is 2. The van der Waals surface area contributed by atoms with Crippen molar-refractivity contribution in [1.82, 2.24) is 9.80 Å². The summed E-state index contributed by atoms with van der Waals surface area (Å²) >= 11 is 0. The van der Waals surface area contributed by atoms with Crippen molar-refractivity contribution in [2.24, 2.45) is 0 Å². The fraction of sp³-hybridized carbons (Fsp3) is 0.550. The zero-order valence-corrected chi connectivity index (χ0v) is 15.4. The summed E-state index contributed by atoms with van der Waals surface area (Å²) < 4.78 is 0. The number of piperazine rings is 1.